The molecule has 0 aliphatic heterocycles. The summed E-state index contributed by atoms with van der Waals surface area (Å²) >= 11 is 0. The zero-order valence-corrected chi connectivity index (χ0v) is 16.1. The van der Waals surface area contributed by atoms with Crippen molar-refractivity contribution in [3.8, 4) is 0 Å². The molecule has 0 fully saturated rings. The molecule has 12 heteroatoms. The standard InChI is InChI=1S/C15H26F7NO3S/c1-23(2,24)10-6-8-12-27(25,26)11-7-4-3-5-9-13(16,14(17,18)19)15(20,21)22/h3-12H2,1-2H3. The van der Waals surface area contributed by atoms with Crippen LogP contribution in [0.4, 0.5) is 30.7 Å². The molecule has 0 amide bonds. The van der Waals surface area contributed by atoms with Gasteiger partial charge in [0.15, 0.2) is 0 Å². The summed E-state index contributed by atoms with van der Waals surface area (Å²) in [5.41, 5.74) is -5.25. The average molecular weight is 433 g/mol. The van der Waals surface area contributed by atoms with Crippen molar-refractivity contribution in [1.82, 2.24) is 0 Å². The highest BCUT2D eigenvalue weighted by molar-refractivity contribution is 7.91. The molecule has 164 valence electrons. The van der Waals surface area contributed by atoms with Crippen LogP contribution in [0.15, 0.2) is 0 Å². The summed E-state index contributed by atoms with van der Waals surface area (Å²) in [6.07, 6.45) is -13.8. The molecular formula is C15H26F7NO3S. The Bertz CT molecular complexity index is 525. The van der Waals surface area contributed by atoms with Gasteiger partial charge in [0.05, 0.1) is 32.1 Å². The maximum absolute atomic E-state index is 13.4. The smallest absolute Gasteiger partial charge is 0.431 e. The van der Waals surface area contributed by atoms with E-state index in [1.165, 1.54) is 14.1 Å². The number of alkyl halides is 7. The van der Waals surface area contributed by atoms with Crippen LogP contribution < -0.4 is 0 Å². The third kappa shape index (κ3) is 9.93. The third-order valence-corrected chi connectivity index (χ3v) is 5.85. The van der Waals surface area contributed by atoms with Gasteiger partial charge in [-0.2, -0.15) is 26.3 Å². The first-order valence-electron chi connectivity index (χ1n) is 8.48. The zero-order valence-electron chi connectivity index (χ0n) is 15.3. The Morgan fingerprint density at radius 1 is 0.741 bits per heavy atom. The Kier molecular flexibility index (Phi) is 9.50. The normalized spacial score (nSPS) is 14.6. The lowest BCUT2D eigenvalue weighted by molar-refractivity contribution is -0.840. The van der Waals surface area contributed by atoms with E-state index in [1.807, 2.05) is 0 Å². The lowest BCUT2D eigenvalue weighted by Gasteiger charge is -2.33. The number of hydrogen-bond donors (Lipinski definition) is 0. The largest absolute Gasteiger partial charge is 0.633 e. The van der Waals surface area contributed by atoms with E-state index >= 15 is 0 Å². The number of sulfone groups is 1. The van der Waals surface area contributed by atoms with Gasteiger partial charge < -0.3 is 9.85 Å². The van der Waals surface area contributed by atoms with Crippen LogP contribution in [0, 0.1) is 5.21 Å². The molecule has 0 heterocycles. The van der Waals surface area contributed by atoms with E-state index in [1.54, 1.807) is 0 Å². The van der Waals surface area contributed by atoms with E-state index in [0.29, 0.717) is 12.8 Å². The van der Waals surface area contributed by atoms with Gasteiger partial charge in [-0.3, -0.25) is 0 Å². The van der Waals surface area contributed by atoms with Crippen molar-refractivity contribution in [2.45, 2.75) is 63.0 Å². The van der Waals surface area contributed by atoms with Gasteiger partial charge in [-0.25, -0.2) is 12.8 Å². The van der Waals surface area contributed by atoms with Crippen molar-refractivity contribution in [2.75, 3.05) is 32.1 Å². The molecule has 0 spiro atoms. The number of hydroxylamine groups is 3. The van der Waals surface area contributed by atoms with Gasteiger partial charge in [-0.15, -0.1) is 0 Å². The minimum absolute atomic E-state index is 0.0722. The summed E-state index contributed by atoms with van der Waals surface area (Å²) in [6, 6.07) is 0. The van der Waals surface area contributed by atoms with E-state index in [2.05, 4.69) is 0 Å². The zero-order chi connectivity index (χ0) is 21.6. The maximum atomic E-state index is 13.4. The van der Waals surface area contributed by atoms with E-state index in [9.17, 15) is 44.4 Å². The molecule has 0 aromatic carbocycles. The molecule has 0 rings (SSSR count). The first-order chi connectivity index (χ1) is 11.9. The Morgan fingerprint density at radius 2 is 1.15 bits per heavy atom. The summed E-state index contributed by atoms with van der Waals surface area (Å²) in [5.74, 6) is -0.384. The lowest BCUT2D eigenvalue weighted by atomic mass is 9.96. The molecule has 0 bridgehead atoms. The number of unbranched alkanes of at least 4 members (excludes halogenated alkanes) is 4. The van der Waals surface area contributed by atoms with Gasteiger partial charge in [-0.1, -0.05) is 12.8 Å². The van der Waals surface area contributed by atoms with Crippen molar-refractivity contribution in [2.24, 2.45) is 0 Å². The molecule has 0 unspecified atom stereocenters. The Hall–Kier alpha value is -0.620. The van der Waals surface area contributed by atoms with Gasteiger partial charge in [0.2, 0.25) is 0 Å². The molecule has 0 aliphatic carbocycles. The van der Waals surface area contributed by atoms with Crippen LogP contribution in [-0.4, -0.2) is 63.2 Å². The molecule has 0 saturated heterocycles. The molecule has 0 radical (unpaired) electrons. The first kappa shape index (κ1) is 26.4. The minimum Gasteiger partial charge on any atom is -0.633 e. The number of halogens is 7. The Labute approximate surface area is 154 Å². The summed E-state index contributed by atoms with van der Waals surface area (Å²) < 4.78 is 111. The van der Waals surface area contributed by atoms with Crippen LogP contribution in [-0.2, 0) is 9.84 Å². The van der Waals surface area contributed by atoms with Crippen LogP contribution >= 0.6 is 0 Å². The molecular weight excluding hydrogens is 407 g/mol. The van der Waals surface area contributed by atoms with Gasteiger partial charge in [0.25, 0.3) is 5.67 Å². The SMILES string of the molecule is C[N+](C)([O-])CCCCS(=O)(=O)CCCCCCC(F)(C(F)(F)F)C(F)(F)F. The summed E-state index contributed by atoms with van der Waals surface area (Å²) in [7, 11) is -0.547. The fourth-order valence-corrected chi connectivity index (χ4v) is 3.90. The van der Waals surface area contributed by atoms with Crippen LogP contribution in [0.1, 0.15) is 44.9 Å². The van der Waals surface area contributed by atoms with Crippen LogP contribution in [0.3, 0.4) is 0 Å². The van der Waals surface area contributed by atoms with E-state index in [4.69, 9.17) is 0 Å². The second kappa shape index (κ2) is 9.73. The molecule has 0 aromatic rings. The lowest BCUT2D eigenvalue weighted by Crippen LogP contribution is -2.53. The minimum atomic E-state index is -6.05. The quantitative estimate of drug-likeness (QED) is 0.197. The number of hydrogen-bond acceptors (Lipinski definition) is 3. The predicted octanol–water partition coefficient (Wildman–Crippen LogP) is 4.54. The topological polar surface area (TPSA) is 57.2 Å². The average Bonchev–Trinajstić information content (AvgIpc) is 2.43. The number of nitrogens with zero attached hydrogens (tertiary/aromatic N) is 1. The van der Waals surface area contributed by atoms with Crippen LogP contribution in [0.25, 0.3) is 0 Å². The van der Waals surface area contributed by atoms with Crippen molar-refractivity contribution in [1.29, 1.82) is 0 Å². The van der Waals surface area contributed by atoms with Crippen molar-refractivity contribution >= 4 is 9.84 Å². The monoisotopic (exact) mass is 433 g/mol. The fourth-order valence-electron chi connectivity index (χ4n) is 2.40. The molecule has 0 N–H and O–H groups in total. The second-order valence-corrected chi connectivity index (χ2v) is 9.42. The highest BCUT2D eigenvalue weighted by atomic mass is 32.2. The second-order valence-electron chi connectivity index (χ2n) is 7.12. The van der Waals surface area contributed by atoms with Crippen molar-refractivity contribution in [3.63, 3.8) is 0 Å². The molecule has 0 aromatic heterocycles. The summed E-state index contributed by atoms with van der Waals surface area (Å²) in [5, 5.41) is 11.3. The molecule has 27 heavy (non-hydrogen) atoms. The molecule has 4 nitrogen and oxygen atoms in total. The molecule has 0 atom stereocenters. The fraction of sp³-hybridized carbons (Fsp3) is 1.00. The highest BCUT2D eigenvalue weighted by Gasteiger charge is 2.71. The van der Waals surface area contributed by atoms with Crippen LogP contribution in [0.5, 0.6) is 0 Å². The number of quaternary nitrogens is 1. The summed E-state index contributed by atoms with van der Waals surface area (Å²) in [6.45, 7) is 0.263. The van der Waals surface area contributed by atoms with E-state index in [0.717, 1.165) is 0 Å². The Balaban J connectivity index is 4.18. The first-order valence-corrected chi connectivity index (χ1v) is 10.3. The van der Waals surface area contributed by atoms with E-state index < -0.39 is 45.3 Å². The summed E-state index contributed by atoms with van der Waals surface area (Å²) in [4.78, 5) is 0. The third-order valence-electron chi connectivity index (χ3n) is 4.03. The molecule has 0 saturated carbocycles. The van der Waals surface area contributed by atoms with Crippen molar-refractivity contribution < 1.29 is 43.8 Å². The van der Waals surface area contributed by atoms with Gasteiger partial charge in [0.1, 0.15) is 9.84 Å². The number of rotatable bonds is 12. The van der Waals surface area contributed by atoms with E-state index in [-0.39, 0.29) is 37.3 Å². The van der Waals surface area contributed by atoms with Gasteiger partial charge >= 0.3 is 12.4 Å². The van der Waals surface area contributed by atoms with Crippen LogP contribution in [0.2, 0.25) is 0 Å². The predicted molar refractivity (Wildman–Crippen MR) is 87.3 cm³/mol. The molecule has 0 aliphatic rings. The van der Waals surface area contributed by atoms with Gasteiger partial charge in [-0.05, 0) is 32.1 Å². The highest BCUT2D eigenvalue weighted by Crippen LogP contribution is 2.49. The van der Waals surface area contributed by atoms with Crippen molar-refractivity contribution in [3.05, 3.63) is 5.21 Å². The Morgan fingerprint density at radius 3 is 1.56 bits per heavy atom. The maximum Gasteiger partial charge on any atom is 0.431 e. The van der Waals surface area contributed by atoms with Gasteiger partial charge in [0, 0.05) is 0 Å².